The molecule has 0 radical (unpaired) electrons. The Morgan fingerprint density at radius 1 is 0.698 bits per heavy atom. The molecule has 0 spiro atoms. The smallest absolute Gasteiger partial charge is 0.335 e. The van der Waals surface area contributed by atoms with Crippen LogP contribution >= 0.6 is 0 Å². The third kappa shape index (κ3) is 10.3. The average Bonchev–Trinajstić information content (AvgIpc) is 2.82. The van der Waals surface area contributed by atoms with Crippen molar-refractivity contribution in [1.29, 1.82) is 0 Å². The number of amides is 4. The van der Waals surface area contributed by atoms with Crippen molar-refractivity contribution in [3.63, 3.8) is 0 Å². The minimum absolute atomic E-state index is 0.00160. The van der Waals surface area contributed by atoms with Crippen LogP contribution in [0.3, 0.4) is 0 Å². The number of esters is 3. The summed E-state index contributed by atoms with van der Waals surface area (Å²) in [6.45, 7) is 18.5. The third-order valence-corrected chi connectivity index (χ3v) is 6.83. The number of imide groups is 2. The van der Waals surface area contributed by atoms with Crippen LogP contribution in [0.4, 0.5) is 4.79 Å². The van der Waals surface area contributed by atoms with Crippen molar-refractivity contribution in [3.05, 3.63) is 0 Å². The summed E-state index contributed by atoms with van der Waals surface area (Å²) < 4.78 is 16.6. The van der Waals surface area contributed by atoms with E-state index in [1.807, 2.05) is 0 Å². The summed E-state index contributed by atoms with van der Waals surface area (Å²) in [5, 5.41) is 0. The summed E-state index contributed by atoms with van der Waals surface area (Å²) in [6, 6.07) is -4.08. The number of hydrogen-bond donors (Lipinski definition) is 1. The van der Waals surface area contributed by atoms with Crippen molar-refractivity contribution >= 4 is 35.8 Å². The Morgan fingerprint density at radius 3 is 1.44 bits per heavy atom. The molecule has 1 saturated heterocycles. The van der Waals surface area contributed by atoms with Crippen LogP contribution in [0, 0.1) is 5.41 Å². The lowest BCUT2D eigenvalue weighted by Gasteiger charge is -2.47. The van der Waals surface area contributed by atoms with Gasteiger partial charge in [-0.2, -0.15) is 0 Å². The van der Waals surface area contributed by atoms with Crippen LogP contribution in [0.2, 0.25) is 0 Å². The zero-order valence-corrected chi connectivity index (χ0v) is 28.0. The Bertz CT molecular complexity index is 1050. The van der Waals surface area contributed by atoms with Gasteiger partial charge in [0.2, 0.25) is 11.8 Å². The molecule has 1 rings (SSSR count). The van der Waals surface area contributed by atoms with Crippen LogP contribution in [-0.2, 0) is 38.2 Å². The van der Waals surface area contributed by atoms with E-state index >= 15 is 0 Å². The first-order valence-corrected chi connectivity index (χ1v) is 15.1. The van der Waals surface area contributed by atoms with Crippen molar-refractivity contribution in [3.8, 4) is 0 Å². The van der Waals surface area contributed by atoms with Gasteiger partial charge in [0.25, 0.3) is 0 Å². The van der Waals surface area contributed by atoms with Gasteiger partial charge in [-0.15, -0.1) is 0 Å². The second-order valence-electron chi connectivity index (χ2n) is 13.9. The van der Waals surface area contributed by atoms with Gasteiger partial charge in [-0.25, -0.2) is 24.2 Å². The van der Waals surface area contributed by atoms with E-state index in [-0.39, 0.29) is 32.1 Å². The molecule has 0 aromatic heterocycles. The molecule has 246 valence electrons. The highest BCUT2D eigenvalue weighted by Gasteiger charge is 2.60. The second-order valence-corrected chi connectivity index (χ2v) is 13.9. The van der Waals surface area contributed by atoms with Gasteiger partial charge in [-0.1, -0.05) is 13.8 Å². The fourth-order valence-corrected chi connectivity index (χ4v) is 4.82. The highest BCUT2D eigenvalue weighted by atomic mass is 16.6. The average molecular weight is 612 g/mol. The summed E-state index contributed by atoms with van der Waals surface area (Å²) in [6.07, 6.45) is 0.327. The summed E-state index contributed by atoms with van der Waals surface area (Å²) >= 11 is 0. The first-order valence-electron chi connectivity index (χ1n) is 15.1. The highest BCUT2D eigenvalue weighted by molar-refractivity contribution is 6.21. The first-order chi connectivity index (χ1) is 19.5. The van der Waals surface area contributed by atoms with Gasteiger partial charge in [-0.3, -0.25) is 14.4 Å². The first kappa shape index (κ1) is 38.0. The van der Waals surface area contributed by atoms with Gasteiger partial charge in [0.05, 0.1) is 0 Å². The minimum atomic E-state index is -1.74. The van der Waals surface area contributed by atoms with Crippen molar-refractivity contribution in [1.82, 2.24) is 9.80 Å². The topological polar surface area (TPSA) is 163 Å². The number of urea groups is 1. The lowest BCUT2D eigenvalue weighted by molar-refractivity contribution is -0.177. The van der Waals surface area contributed by atoms with Crippen molar-refractivity contribution in [2.24, 2.45) is 11.1 Å². The predicted molar refractivity (Wildman–Crippen MR) is 159 cm³/mol. The number of hydrogen-bond acceptors (Lipinski definition) is 10. The second kappa shape index (κ2) is 14.6. The van der Waals surface area contributed by atoms with Crippen LogP contribution < -0.4 is 5.73 Å². The third-order valence-electron chi connectivity index (χ3n) is 6.83. The van der Waals surface area contributed by atoms with Crippen molar-refractivity contribution in [2.75, 3.05) is 6.54 Å². The molecule has 12 nitrogen and oxygen atoms in total. The van der Waals surface area contributed by atoms with Gasteiger partial charge in [0.1, 0.15) is 34.3 Å². The predicted octanol–water partition coefficient (Wildman–Crippen LogP) is 4.26. The van der Waals surface area contributed by atoms with Crippen LogP contribution in [0.15, 0.2) is 0 Å². The van der Waals surface area contributed by atoms with Gasteiger partial charge in [-0.05, 0) is 107 Å². The van der Waals surface area contributed by atoms with E-state index in [1.165, 1.54) is 0 Å². The summed E-state index contributed by atoms with van der Waals surface area (Å²) in [7, 11) is 0. The monoisotopic (exact) mass is 611 g/mol. The molecule has 2 unspecified atom stereocenters. The lowest BCUT2D eigenvalue weighted by atomic mass is 9.77. The number of carbonyl (C=O) groups is 6. The molecule has 1 aliphatic heterocycles. The van der Waals surface area contributed by atoms with E-state index in [0.717, 1.165) is 4.90 Å². The molecular weight excluding hydrogens is 558 g/mol. The number of carbonyl (C=O) groups excluding carboxylic acids is 6. The van der Waals surface area contributed by atoms with E-state index in [2.05, 4.69) is 0 Å². The van der Waals surface area contributed by atoms with E-state index in [9.17, 15) is 28.8 Å². The maximum atomic E-state index is 14.2. The molecule has 0 saturated carbocycles. The molecule has 1 heterocycles. The largest absolute Gasteiger partial charge is 0.460 e. The van der Waals surface area contributed by atoms with Gasteiger partial charge < -0.3 is 19.9 Å². The van der Waals surface area contributed by atoms with Gasteiger partial charge in [0.15, 0.2) is 0 Å². The summed E-state index contributed by atoms with van der Waals surface area (Å²) in [4.78, 5) is 83.7. The Balaban J connectivity index is 3.80. The number of barbiturate groups is 1. The summed E-state index contributed by atoms with van der Waals surface area (Å²) in [5.41, 5.74) is 1.20. The van der Waals surface area contributed by atoms with Crippen LogP contribution in [0.1, 0.15) is 121 Å². The molecule has 12 heteroatoms. The summed E-state index contributed by atoms with van der Waals surface area (Å²) in [5.74, 6) is -4.10. The molecule has 0 aromatic rings. The molecule has 4 amide bonds. The molecular formula is C31H53N3O9. The normalized spacial score (nSPS) is 17.4. The van der Waals surface area contributed by atoms with Crippen LogP contribution in [0.25, 0.3) is 0 Å². The van der Waals surface area contributed by atoms with E-state index in [4.69, 9.17) is 19.9 Å². The highest BCUT2D eigenvalue weighted by Crippen LogP contribution is 2.39. The van der Waals surface area contributed by atoms with Crippen molar-refractivity contribution in [2.45, 2.75) is 150 Å². The van der Waals surface area contributed by atoms with Crippen molar-refractivity contribution < 1.29 is 43.0 Å². The molecule has 1 fully saturated rings. The lowest BCUT2D eigenvalue weighted by Crippen LogP contribution is -2.71. The molecule has 0 bridgehead atoms. The maximum absolute atomic E-state index is 14.2. The Kier molecular flexibility index (Phi) is 12.9. The van der Waals surface area contributed by atoms with E-state index in [0.29, 0.717) is 24.3 Å². The fraction of sp³-hybridized carbons (Fsp3) is 0.806. The number of rotatable bonds is 13. The quantitative estimate of drug-likeness (QED) is 0.138. The molecule has 0 aliphatic carbocycles. The number of unbranched alkanes of at least 4 members (excludes halogenated alkanes) is 1. The van der Waals surface area contributed by atoms with Crippen LogP contribution in [0.5, 0.6) is 0 Å². The number of nitrogens with two attached hydrogens (primary N) is 1. The molecule has 2 N–H and O–H groups in total. The Labute approximate surface area is 256 Å². The van der Waals surface area contributed by atoms with E-state index in [1.54, 1.807) is 76.2 Å². The molecule has 1 aliphatic rings. The zero-order chi connectivity index (χ0) is 33.6. The maximum Gasteiger partial charge on any atom is 0.335 e. The number of ether oxygens (including phenoxy) is 3. The molecule has 2 atom stereocenters. The molecule has 0 aromatic carbocycles. The molecule has 43 heavy (non-hydrogen) atoms. The minimum Gasteiger partial charge on any atom is -0.460 e. The SMILES string of the molecule is CCC1(CC)C(=O)N(C(CCCCN)C(=O)OC(C)(C)C)C(=O)N(C(CCC(=O)OC(C)(C)C)C(=O)OC(C)(C)C)C1=O. The Morgan fingerprint density at radius 2 is 1.09 bits per heavy atom. The standard InChI is InChI=1S/C31H53N3O9/c1-12-31(13-2)25(38)33(20(16-14-15-19-32)23(36)42-29(6,7)8)27(40)34(26(31)39)21(24(37)43-30(9,10)11)17-18-22(35)41-28(3,4)5/h20-21H,12-19,32H2,1-11H3. The van der Waals surface area contributed by atoms with Gasteiger partial charge in [0, 0.05) is 6.42 Å². The number of nitrogens with zero attached hydrogens (tertiary/aromatic N) is 2. The fourth-order valence-electron chi connectivity index (χ4n) is 4.82. The van der Waals surface area contributed by atoms with Crippen LogP contribution in [-0.4, -0.2) is 81.0 Å². The Hall–Kier alpha value is -3.02. The van der Waals surface area contributed by atoms with E-state index < -0.39 is 70.1 Å². The van der Waals surface area contributed by atoms with Gasteiger partial charge >= 0.3 is 23.9 Å². The zero-order valence-electron chi connectivity index (χ0n) is 28.0.